The summed E-state index contributed by atoms with van der Waals surface area (Å²) in [6, 6.07) is 0. The molecule has 0 aromatic rings. The molecule has 4 rings (SSSR count). The number of rotatable bonds is 3. The quantitative estimate of drug-likeness (QED) is 0.577. The molecule has 150 valence electrons. The van der Waals surface area contributed by atoms with Gasteiger partial charge in [-0.3, -0.25) is 4.79 Å². The van der Waals surface area contributed by atoms with Gasteiger partial charge in [0.05, 0.1) is 6.10 Å². The van der Waals surface area contributed by atoms with Gasteiger partial charge in [-0.1, -0.05) is 25.5 Å². The second-order valence-electron chi connectivity index (χ2n) is 10.0. The molecule has 0 spiro atoms. The zero-order valence-electron chi connectivity index (χ0n) is 17.6. The van der Waals surface area contributed by atoms with Gasteiger partial charge in [0, 0.05) is 30.3 Å². The van der Waals surface area contributed by atoms with Crippen molar-refractivity contribution in [3.05, 3.63) is 23.4 Å². The summed E-state index contributed by atoms with van der Waals surface area (Å²) in [4.78, 5) is 15.6. The Hall–Kier alpha value is -1.09. The van der Waals surface area contributed by atoms with Crippen LogP contribution in [0.1, 0.15) is 72.6 Å². The van der Waals surface area contributed by atoms with Crippen molar-refractivity contribution in [2.45, 2.75) is 78.7 Å². The minimum Gasteiger partial charge on any atom is -0.393 e. The molecule has 27 heavy (non-hydrogen) atoms. The monoisotopic (exact) mass is 371 g/mol. The number of aliphatic hydroxyl groups is 1. The van der Waals surface area contributed by atoms with Crippen molar-refractivity contribution >= 4 is 5.78 Å². The average molecular weight is 372 g/mol. The fourth-order valence-corrected chi connectivity index (χ4v) is 7.05. The summed E-state index contributed by atoms with van der Waals surface area (Å²) < 4.78 is 0. The molecule has 0 aromatic carbocycles. The van der Waals surface area contributed by atoms with Gasteiger partial charge >= 0.3 is 0 Å². The van der Waals surface area contributed by atoms with Crippen LogP contribution in [-0.2, 0) is 4.79 Å². The highest BCUT2D eigenvalue weighted by Gasteiger charge is 2.59. The van der Waals surface area contributed by atoms with Crippen LogP contribution in [-0.4, -0.2) is 35.0 Å². The first kappa shape index (κ1) is 19.2. The summed E-state index contributed by atoms with van der Waals surface area (Å²) in [5.74, 6) is 2.23. The fourth-order valence-electron chi connectivity index (χ4n) is 7.05. The third-order valence-corrected chi connectivity index (χ3v) is 8.87. The maximum absolute atomic E-state index is 13.4. The second-order valence-corrected chi connectivity index (χ2v) is 10.0. The molecule has 3 nitrogen and oxygen atoms in total. The summed E-state index contributed by atoms with van der Waals surface area (Å²) in [6.45, 7) is 11.0. The van der Waals surface area contributed by atoms with Crippen molar-refractivity contribution in [2.24, 2.45) is 28.6 Å². The lowest BCUT2D eigenvalue weighted by molar-refractivity contribution is -0.130. The molecule has 4 aliphatic rings. The largest absolute Gasteiger partial charge is 0.393 e. The Balaban J connectivity index is 1.65. The Morgan fingerprint density at radius 1 is 1.11 bits per heavy atom. The smallest absolute Gasteiger partial charge is 0.166 e. The number of carbonyl (C=O) groups is 1. The van der Waals surface area contributed by atoms with E-state index in [4.69, 9.17) is 0 Å². The second kappa shape index (κ2) is 6.76. The molecular weight excluding hydrogens is 334 g/mol. The molecular formula is C24H37NO2. The molecule has 0 bridgehead atoms. The van der Waals surface area contributed by atoms with Crippen LogP contribution in [0.4, 0.5) is 0 Å². The zero-order chi connectivity index (χ0) is 19.4. The minimum atomic E-state index is -0.157. The number of hydrogen-bond acceptors (Lipinski definition) is 3. The highest BCUT2D eigenvalue weighted by atomic mass is 16.3. The summed E-state index contributed by atoms with van der Waals surface area (Å²) >= 11 is 0. The molecule has 1 N–H and O–H groups in total. The number of ketones is 1. The molecule has 3 fully saturated rings. The van der Waals surface area contributed by atoms with Crippen LogP contribution in [0.25, 0.3) is 0 Å². The molecule has 0 aliphatic heterocycles. The molecule has 3 heteroatoms. The van der Waals surface area contributed by atoms with E-state index in [1.165, 1.54) is 12.0 Å². The molecule has 0 unspecified atom stereocenters. The van der Waals surface area contributed by atoms with E-state index < -0.39 is 0 Å². The van der Waals surface area contributed by atoms with E-state index in [1.807, 2.05) is 0 Å². The Morgan fingerprint density at radius 2 is 1.81 bits per heavy atom. The van der Waals surface area contributed by atoms with E-state index in [9.17, 15) is 9.90 Å². The van der Waals surface area contributed by atoms with Gasteiger partial charge in [0.25, 0.3) is 0 Å². The SMILES string of the molecule is CCN(/C=C1/C[C@@H]2[C@H]3CC=C4C[C@@H](O)CC[C@]4(C)[C@@H]3CC[C@@]2(C)C1=O)CC. The van der Waals surface area contributed by atoms with Crippen molar-refractivity contribution in [1.82, 2.24) is 4.90 Å². The summed E-state index contributed by atoms with van der Waals surface area (Å²) in [5.41, 5.74) is 2.67. The third-order valence-electron chi connectivity index (χ3n) is 8.87. The Bertz CT molecular complexity index is 676. The van der Waals surface area contributed by atoms with E-state index in [2.05, 4.69) is 44.9 Å². The van der Waals surface area contributed by atoms with Crippen LogP contribution < -0.4 is 0 Å². The predicted molar refractivity (Wildman–Crippen MR) is 109 cm³/mol. The van der Waals surface area contributed by atoms with Gasteiger partial charge < -0.3 is 10.0 Å². The number of Topliss-reactive ketones (excluding diaryl/α,β-unsaturated/α-hetero) is 1. The summed E-state index contributed by atoms with van der Waals surface area (Å²) in [6.07, 6.45) is 11.7. The Kier molecular flexibility index (Phi) is 4.81. The van der Waals surface area contributed by atoms with Crippen molar-refractivity contribution in [3.63, 3.8) is 0 Å². The lowest BCUT2D eigenvalue weighted by atomic mass is 9.48. The predicted octanol–water partition coefficient (Wildman–Crippen LogP) is 4.71. The molecule has 0 amide bonds. The number of nitrogens with zero attached hydrogens (tertiary/aromatic N) is 1. The first-order valence-corrected chi connectivity index (χ1v) is 11.2. The summed E-state index contributed by atoms with van der Waals surface area (Å²) in [5, 5.41) is 10.2. The number of aliphatic hydroxyl groups excluding tert-OH is 1. The van der Waals surface area contributed by atoms with Crippen molar-refractivity contribution < 1.29 is 9.90 Å². The molecule has 0 radical (unpaired) electrons. The maximum Gasteiger partial charge on any atom is 0.166 e. The van der Waals surface area contributed by atoms with Gasteiger partial charge in [-0.05, 0) is 82.0 Å². The van der Waals surface area contributed by atoms with Crippen molar-refractivity contribution in [3.8, 4) is 0 Å². The van der Waals surface area contributed by atoms with Crippen LogP contribution in [0, 0.1) is 28.6 Å². The van der Waals surface area contributed by atoms with Crippen LogP contribution >= 0.6 is 0 Å². The molecule has 6 atom stereocenters. The van der Waals surface area contributed by atoms with Crippen molar-refractivity contribution in [1.29, 1.82) is 0 Å². The highest BCUT2D eigenvalue weighted by Crippen LogP contribution is 2.64. The molecule has 0 saturated heterocycles. The standard InChI is InChI=1S/C24H37NO2/c1-5-25(6-2)15-16-13-21-19-8-7-17-14-18(26)9-11-23(17,3)20(19)10-12-24(21,4)22(16)27/h7,15,18-21,26H,5-6,8-14H2,1-4H3/b16-15-/t18-,19-,20+,21+,23-,24+/m0/s1. The van der Waals surface area contributed by atoms with Gasteiger partial charge in [0.15, 0.2) is 5.78 Å². The number of carbonyl (C=O) groups excluding carboxylic acids is 1. The topological polar surface area (TPSA) is 40.5 Å². The first-order chi connectivity index (χ1) is 12.8. The molecule has 0 aromatic heterocycles. The highest BCUT2D eigenvalue weighted by molar-refractivity contribution is 6.02. The maximum atomic E-state index is 13.4. The van der Waals surface area contributed by atoms with Gasteiger partial charge in [-0.15, -0.1) is 0 Å². The third kappa shape index (κ3) is 2.84. The van der Waals surface area contributed by atoms with Gasteiger partial charge in [-0.25, -0.2) is 0 Å². The Labute approximate surface area is 164 Å². The molecule has 4 aliphatic carbocycles. The number of hydrogen-bond donors (Lipinski definition) is 1. The molecule has 3 saturated carbocycles. The van der Waals surface area contributed by atoms with E-state index in [-0.39, 0.29) is 16.9 Å². The lowest BCUT2D eigenvalue weighted by Gasteiger charge is -2.56. The summed E-state index contributed by atoms with van der Waals surface area (Å²) in [7, 11) is 0. The fraction of sp³-hybridized carbons (Fsp3) is 0.792. The normalized spacial score (nSPS) is 45.1. The van der Waals surface area contributed by atoms with Crippen LogP contribution in [0.3, 0.4) is 0 Å². The van der Waals surface area contributed by atoms with Crippen LogP contribution in [0.15, 0.2) is 23.4 Å². The van der Waals surface area contributed by atoms with E-state index >= 15 is 0 Å². The van der Waals surface area contributed by atoms with Gasteiger partial charge in [0.2, 0.25) is 0 Å². The number of allylic oxidation sites excluding steroid dienone is 2. The van der Waals surface area contributed by atoms with Crippen LogP contribution in [0.2, 0.25) is 0 Å². The van der Waals surface area contributed by atoms with Crippen molar-refractivity contribution in [2.75, 3.05) is 13.1 Å². The van der Waals surface area contributed by atoms with E-state index in [0.717, 1.165) is 57.2 Å². The van der Waals surface area contributed by atoms with E-state index in [1.54, 1.807) is 0 Å². The van der Waals surface area contributed by atoms with E-state index in [0.29, 0.717) is 23.5 Å². The average Bonchev–Trinajstić information content (AvgIpc) is 2.91. The molecule has 0 heterocycles. The zero-order valence-corrected chi connectivity index (χ0v) is 17.6. The minimum absolute atomic E-state index is 0.147. The lowest BCUT2D eigenvalue weighted by Crippen LogP contribution is -2.50. The Morgan fingerprint density at radius 3 is 2.52 bits per heavy atom. The van der Waals surface area contributed by atoms with Gasteiger partial charge in [0.1, 0.15) is 0 Å². The first-order valence-electron chi connectivity index (χ1n) is 11.2. The number of fused-ring (bicyclic) bond motifs is 5. The van der Waals surface area contributed by atoms with Gasteiger partial charge in [-0.2, -0.15) is 0 Å². The van der Waals surface area contributed by atoms with Crippen LogP contribution in [0.5, 0.6) is 0 Å².